The van der Waals surface area contributed by atoms with Crippen LogP contribution in [-0.4, -0.2) is 62.8 Å². The fourth-order valence-corrected chi connectivity index (χ4v) is 3.12. The Morgan fingerprint density at radius 2 is 1.72 bits per heavy atom. The number of hydrogen-bond donors (Lipinski definition) is 0. The lowest BCUT2D eigenvalue weighted by atomic mass is 9.92. The van der Waals surface area contributed by atoms with Crippen LogP contribution in [0.2, 0.25) is 0 Å². The lowest BCUT2D eigenvalue weighted by Crippen LogP contribution is -2.39. The third kappa shape index (κ3) is 4.79. The van der Waals surface area contributed by atoms with Gasteiger partial charge in [0.1, 0.15) is 6.33 Å². The summed E-state index contributed by atoms with van der Waals surface area (Å²) in [6.45, 7) is 2.34. The van der Waals surface area contributed by atoms with Gasteiger partial charge in [-0.2, -0.15) is 0 Å². The molecule has 1 amide bonds. The molecule has 7 nitrogen and oxygen atoms in total. The van der Waals surface area contributed by atoms with Crippen molar-refractivity contribution in [1.29, 1.82) is 0 Å². The van der Waals surface area contributed by atoms with Crippen LogP contribution in [0.25, 0.3) is 0 Å². The summed E-state index contributed by atoms with van der Waals surface area (Å²) in [6, 6.07) is 0. The minimum absolute atomic E-state index is 0.0203. The van der Waals surface area contributed by atoms with Gasteiger partial charge >= 0.3 is 0 Å². The van der Waals surface area contributed by atoms with E-state index in [4.69, 9.17) is 0 Å². The molecule has 0 N–H and O–H groups in total. The summed E-state index contributed by atoms with van der Waals surface area (Å²) < 4.78 is 0. The highest BCUT2D eigenvalue weighted by atomic mass is 16.2. The van der Waals surface area contributed by atoms with Gasteiger partial charge in [-0.05, 0) is 39.3 Å². The maximum Gasteiger partial charge on any atom is 0.256 e. The highest BCUT2D eigenvalue weighted by molar-refractivity contribution is 5.93. The zero-order valence-electron chi connectivity index (χ0n) is 14.8. The Bertz CT molecular complexity index is 680. The molecule has 0 unspecified atom stereocenters. The molecule has 1 saturated heterocycles. The number of likely N-dealkylation sites (tertiary alicyclic amines) is 1. The number of carbonyl (C=O) groups is 1. The van der Waals surface area contributed by atoms with E-state index in [1.165, 1.54) is 6.33 Å². The number of rotatable bonds is 5. The van der Waals surface area contributed by atoms with Gasteiger partial charge in [-0.1, -0.05) is 0 Å². The van der Waals surface area contributed by atoms with Gasteiger partial charge in [0.05, 0.1) is 23.1 Å². The predicted octanol–water partition coefficient (Wildman–Crippen LogP) is 1.42. The first-order chi connectivity index (χ1) is 12.1. The van der Waals surface area contributed by atoms with Crippen LogP contribution in [0, 0.1) is 5.92 Å². The molecule has 0 spiro atoms. The molecule has 0 radical (unpaired) electrons. The number of amides is 1. The molecule has 1 fully saturated rings. The Hall–Kier alpha value is -2.41. The normalized spacial score (nSPS) is 15.6. The summed E-state index contributed by atoms with van der Waals surface area (Å²) >= 11 is 0. The highest BCUT2D eigenvalue weighted by Gasteiger charge is 2.24. The second kappa shape index (κ2) is 8.11. The van der Waals surface area contributed by atoms with E-state index in [1.807, 2.05) is 31.4 Å². The molecule has 132 valence electrons. The minimum Gasteiger partial charge on any atom is -0.339 e. The molecule has 7 heteroatoms. The summed E-state index contributed by atoms with van der Waals surface area (Å²) in [4.78, 5) is 33.2. The fraction of sp³-hybridized carbons (Fsp3) is 0.500. The number of nitrogens with zero attached hydrogens (tertiary/aromatic N) is 6. The molecule has 0 saturated carbocycles. The number of aromatic nitrogens is 4. The molecular weight excluding hydrogens is 316 g/mol. The van der Waals surface area contributed by atoms with Crippen LogP contribution < -0.4 is 0 Å². The quantitative estimate of drug-likeness (QED) is 0.819. The molecule has 3 heterocycles. The van der Waals surface area contributed by atoms with E-state index in [0.29, 0.717) is 11.5 Å². The predicted molar refractivity (Wildman–Crippen MR) is 93.8 cm³/mol. The van der Waals surface area contributed by atoms with Gasteiger partial charge in [-0.15, -0.1) is 0 Å². The average molecular weight is 340 g/mol. The molecule has 0 bridgehead atoms. The van der Waals surface area contributed by atoms with Crippen LogP contribution in [0.15, 0.2) is 31.1 Å². The van der Waals surface area contributed by atoms with E-state index in [-0.39, 0.29) is 5.91 Å². The molecule has 0 atom stereocenters. The van der Waals surface area contributed by atoms with Crippen molar-refractivity contribution >= 4 is 5.91 Å². The number of hydrogen-bond acceptors (Lipinski definition) is 6. The maximum atomic E-state index is 12.4. The van der Waals surface area contributed by atoms with Gasteiger partial charge in [-0.25, -0.2) is 9.97 Å². The third-order valence-corrected chi connectivity index (χ3v) is 4.44. The van der Waals surface area contributed by atoms with E-state index >= 15 is 0 Å². The third-order valence-electron chi connectivity index (χ3n) is 4.44. The first-order valence-electron chi connectivity index (χ1n) is 8.60. The van der Waals surface area contributed by atoms with Crippen molar-refractivity contribution in [1.82, 2.24) is 29.7 Å². The van der Waals surface area contributed by atoms with E-state index in [1.54, 1.807) is 12.4 Å². The van der Waals surface area contributed by atoms with E-state index < -0.39 is 0 Å². The van der Waals surface area contributed by atoms with E-state index in [9.17, 15) is 4.79 Å². The monoisotopic (exact) mass is 340 g/mol. The van der Waals surface area contributed by atoms with Gasteiger partial charge in [-0.3, -0.25) is 14.8 Å². The van der Waals surface area contributed by atoms with Gasteiger partial charge in [0, 0.05) is 38.2 Å². The summed E-state index contributed by atoms with van der Waals surface area (Å²) in [5, 5.41) is 0. The number of carbonyl (C=O) groups excluding carboxylic acids is 1. The van der Waals surface area contributed by atoms with Gasteiger partial charge in [0.2, 0.25) is 0 Å². The van der Waals surface area contributed by atoms with Gasteiger partial charge in [0.25, 0.3) is 5.91 Å². The zero-order chi connectivity index (χ0) is 17.6. The average Bonchev–Trinajstić information content (AvgIpc) is 2.64. The maximum absolute atomic E-state index is 12.4. The molecule has 3 rings (SSSR count). The Morgan fingerprint density at radius 3 is 2.32 bits per heavy atom. The molecule has 1 aliphatic rings. The van der Waals surface area contributed by atoms with Crippen molar-refractivity contribution in [2.24, 2.45) is 5.92 Å². The van der Waals surface area contributed by atoms with Crippen molar-refractivity contribution in [3.8, 4) is 0 Å². The van der Waals surface area contributed by atoms with Crippen LogP contribution >= 0.6 is 0 Å². The zero-order valence-corrected chi connectivity index (χ0v) is 14.8. The van der Waals surface area contributed by atoms with Gasteiger partial charge < -0.3 is 9.80 Å². The van der Waals surface area contributed by atoms with Crippen LogP contribution in [0.4, 0.5) is 0 Å². The van der Waals surface area contributed by atoms with Crippen molar-refractivity contribution in [2.75, 3.05) is 27.2 Å². The van der Waals surface area contributed by atoms with Crippen molar-refractivity contribution in [3.05, 3.63) is 48.1 Å². The first-order valence-corrected chi connectivity index (χ1v) is 8.60. The van der Waals surface area contributed by atoms with Crippen LogP contribution in [0.3, 0.4) is 0 Å². The van der Waals surface area contributed by atoms with Gasteiger partial charge in [0.15, 0.2) is 0 Å². The van der Waals surface area contributed by atoms with Crippen molar-refractivity contribution in [3.63, 3.8) is 0 Å². The highest BCUT2D eigenvalue weighted by Crippen LogP contribution is 2.22. The van der Waals surface area contributed by atoms with E-state index in [2.05, 4.69) is 24.8 Å². The Balaban J connectivity index is 1.50. The summed E-state index contributed by atoms with van der Waals surface area (Å²) in [7, 11) is 4.04. The second-order valence-corrected chi connectivity index (χ2v) is 6.80. The molecule has 2 aromatic rings. The molecule has 1 aliphatic heterocycles. The summed E-state index contributed by atoms with van der Waals surface area (Å²) in [6.07, 6.45) is 11.2. The van der Waals surface area contributed by atoms with Crippen molar-refractivity contribution < 1.29 is 4.79 Å². The molecule has 0 aromatic carbocycles. The molecule has 25 heavy (non-hydrogen) atoms. The lowest BCUT2D eigenvalue weighted by molar-refractivity contribution is 0.0689. The molecule has 0 aliphatic carbocycles. The Morgan fingerprint density at radius 1 is 1.08 bits per heavy atom. The van der Waals surface area contributed by atoms with Crippen LogP contribution in [0.1, 0.15) is 34.6 Å². The van der Waals surface area contributed by atoms with E-state index in [0.717, 1.165) is 50.3 Å². The van der Waals surface area contributed by atoms with Crippen LogP contribution in [-0.2, 0) is 13.0 Å². The van der Waals surface area contributed by atoms with Crippen LogP contribution in [0.5, 0.6) is 0 Å². The summed E-state index contributed by atoms with van der Waals surface area (Å²) in [5.41, 5.74) is 2.58. The Kier molecular flexibility index (Phi) is 5.65. The topological polar surface area (TPSA) is 75.1 Å². The largest absolute Gasteiger partial charge is 0.339 e. The Labute approximate surface area is 148 Å². The smallest absolute Gasteiger partial charge is 0.256 e. The second-order valence-electron chi connectivity index (χ2n) is 6.80. The van der Waals surface area contributed by atoms with Crippen molar-refractivity contribution in [2.45, 2.75) is 25.8 Å². The first kappa shape index (κ1) is 17.4. The summed E-state index contributed by atoms with van der Waals surface area (Å²) in [5.74, 6) is 0.567. The SMILES string of the molecule is CN(C)Cc1cnc(CC2CCN(C(=O)c3cncnc3)CC2)cn1. The molecule has 2 aromatic heterocycles. The standard InChI is InChI=1S/C18H24N6O/c1-23(2)12-17-11-21-16(10-22-17)7-14-3-5-24(6-4-14)18(25)15-8-19-13-20-9-15/h8-11,13-14H,3-7,12H2,1-2H3. The lowest BCUT2D eigenvalue weighted by Gasteiger charge is -2.31. The minimum atomic E-state index is 0.0203. The number of piperidine rings is 1. The molecular formula is C18H24N6O. The fourth-order valence-electron chi connectivity index (χ4n) is 3.12.